The van der Waals surface area contributed by atoms with Crippen molar-refractivity contribution in [3.63, 3.8) is 0 Å². The van der Waals surface area contributed by atoms with E-state index >= 15 is 0 Å². The van der Waals surface area contributed by atoms with Gasteiger partial charge >= 0.3 is 0 Å². The molecular weight excluding hydrogens is 400 g/mol. The first-order valence-corrected chi connectivity index (χ1v) is 12.3. The number of nitrogens with zero attached hydrogens (tertiary/aromatic N) is 4. The number of anilines is 1. The number of rotatable bonds is 2. The van der Waals surface area contributed by atoms with Gasteiger partial charge < -0.3 is 10.6 Å². The Balaban J connectivity index is 1.45. The third kappa shape index (κ3) is 4.33. The lowest BCUT2D eigenvalue weighted by atomic mass is 9.86. The molecule has 1 aromatic heterocycles. The Morgan fingerprint density at radius 1 is 1.00 bits per heavy atom. The van der Waals surface area contributed by atoms with Gasteiger partial charge in [-0.25, -0.2) is 9.97 Å². The molecule has 5 rings (SSSR count). The summed E-state index contributed by atoms with van der Waals surface area (Å²) >= 11 is 0. The van der Waals surface area contributed by atoms with Crippen LogP contribution < -0.4 is 10.6 Å². The number of nitrogens with one attached hydrogen (secondary N) is 2. The van der Waals surface area contributed by atoms with Crippen molar-refractivity contribution in [2.45, 2.75) is 71.2 Å². The first-order chi connectivity index (χ1) is 15.5. The van der Waals surface area contributed by atoms with Crippen molar-refractivity contribution in [3.8, 4) is 0 Å². The molecule has 1 aromatic carbocycles. The van der Waals surface area contributed by atoms with Crippen LogP contribution in [0.1, 0.15) is 52.3 Å². The monoisotopic (exact) mass is 436 g/mol. The van der Waals surface area contributed by atoms with E-state index in [0.717, 1.165) is 48.1 Å². The summed E-state index contributed by atoms with van der Waals surface area (Å²) in [6.45, 7) is 10.0. The molecule has 1 saturated heterocycles. The Morgan fingerprint density at radius 2 is 1.75 bits per heavy atom. The number of fused-ring (bicyclic) bond motifs is 5. The maximum absolute atomic E-state index is 13.4. The standard InChI is InChI=1S/C25H36N6O/c1-16(2)23-25(32)28-22-15-30(18-10-8-17(3)9-11-18)12-13-31(22)14-21-26-20-7-5-4-6-19(20)24(27-21)29-23/h4-7,16-18,22-23H,8-15H2,1-3H3,(H,28,32)(H,26,27,29)/t17?,18?,22?,23-/m0/s1. The van der Waals surface area contributed by atoms with Crippen LogP contribution in [-0.2, 0) is 11.3 Å². The lowest BCUT2D eigenvalue weighted by Gasteiger charge is -2.46. The molecule has 2 aromatic rings. The molecule has 1 unspecified atom stereocenters. The van der Waals surface area contributed by atoms with Crippen molar-refractivity contribution in [3.05, 3.63) is 30.1 Å². The smallest absolute Gasteiger partial charge is 0.244 e. The molecule has 2 N–H and O–H groups in total. The Morgan fingerprint density at radius 3 is 2.53 bits per heavy atom. The molecule has 2 fully saturated rings. The second-order valence-electron chi connectivity index (χ2n) is 10.3. The van der Waals surface area contributed by atoms with Gasteiger partial charge in [0.25, 0.3) is 0 Å². The van der Waals surface area contributed by atoms with E-state index in [1.165, 1.54) is 25.7 Å². The summed E-state index contributed by atoms with van der Waals surface area (Å²) in [4.78, 5) is 28.1. The Hall–Kier alpha value is -2.25. The summed E-state index contributed by atoms with van der Waals surface area (Å²) in [5, 5.41) is 7.81. The zero-order valence-corrected chi connectivity index (χ0v) is 19.6. The first kappa shape index (κ1) is 21.6. The maximum atomic E-state index is 13.4. The molecule has 3 heterocycles. The van der Waals surface area contributed by atoms with Crippen LogP contribution in [0.5, 0.6) is 0 Å². The SMILES string of the molecule is CC1CCC(N2CCN3Cc4nc(c5ccccc5n4)N[C@@H](C(C)C)C(=O)NC3C2)CC1. The minimum Gasteiger partial charge on any atom is -0.358 e. The topological polar surface area (TPSA) is 73.4 Å². The quantitative estimate of drug-likeness (QED) is 0.753. The molecule has 1 saturated carbocycles. The number of piperazine rings is 1. The minimum absolute atomic E-state index is 0.0183. The van der Waals surface area contributed by atoms with Crippen molar-refractivity contribution in [2.75, 3.05) is 25.0 Å². The normalized spacial score (nSPS) is 29.9. The molecule has 0 radical (unpaired) electrons. The fourth-order valence-electron chi connectivity index (χ4n) is 5.53. The number of hydrogen-bond acceptors (Lipinski definition) is 6. The molecule has 0 spiro atoms. The van der Waals surface area contributed by atoms with Gasteiger partial charge in [0.1, 0.15) is 17.7 Å². The van der Waals surface area contributed by atoms with E-state index in [9.17, 15) is 4.79 Å². The summed E-state index contributed by atoms with van der Waals surface area (Å²) in [7, 11) is 0. The second-order valence-corrected chi connectivity index (χ2v) is 10.3. The summed E-state index contributed by atoms with van der Waals surface area (Å²) in [5.41, 5.74) is 0.926. The molecular formula is C25H36N6O. The molecule has 7 heteroatoms. The zero-order valence-electron chi connectivity index (χ0n) is 19.6. The van der Waals surface area contributed by atoms with Gasteiger partial charge in [0.05, 0.1) is 18.2 Å². The largest absolute Gasteiger partial charge is 0.358 e. The highest BCUT2D eigenvalue weighted by Crippen LogP contribution is 2.29. The van der Waals surface area contributed by atoms with Crippen LogP contribution in [0.4, 0.5) is 5.82 Å². The minimum atomic E-state index is -0.341. The van der Waals surface area contributed by atoms with Crippen LogP contribution in [0.25, 0.3) is 10.9 Å². The molecule has 7 nitrogen and oxygen atoms in total. The van der Waals surface area contributed by atoms with E-state index < -0.39 is 0 Å². The fourth-order valence-corrected chi connectivity index (χ4v) is 5.53. The average molecular weight is 437 g/mol. The number of aromatic nitrogens is 2. The maximum Gasteiger partial charge on any atom is 0.244 e. The van der Waals surface area contributed by atoms with Gasteiger partial charge in [-0.15, -0.1) is 0 Å². The van der Waals surface area contributed by atoms with E-state index in [1.54, 1.807) is 0 Å². The third-order valence-corrected chi connectivity index (χ3v) is 7.57. The summed E-state index contributed by atoms with van der Waals surface area (Å²) in [6.07, 6.45) is 5.16. The predicted molar refractivity (Wildman–Crippen MR) is 127 cm³/mol. The number of amides is 1. The van der Waals surface area contributed by atoms with Gasteiger partial charge in [-0.05, 0) is 49.7 Å². The van der Waals surface area contributed by atoms with E-state index in [0.29, 0.717) is 12.6 Å². The number of para-hydroxylation sites is 1. The average Bonchev–Trinajstić information content (AvgIpc) is 2.78. The van der Waals surface area contributed by atoms with Crippen molar-refractivity contribution in [1.82, 2.24) is 25.1 Å². The number of hydrogen-bond donors (Lipinski definition) is 2. The van der Waals surface area contributed by atoms with Gasteiger partial charge in [-0.1, -0.05) is 32.9 Å². The Kier molecular flexibility index (Phi) is 6.03. The third-order valence-electron chi connectivity index (χ3n) is 7.57. The second kappa shape index (κ2) is 8.94. The van der Waals surface area contributed by atoms with Crippen molar-refractivity contribution >= 4 is 22.6 Å². The summed E-state index contributed by atoms with van der Waals surface area (Å²) in [6, 6.07) is 8.36. The van der Waals surface area contributed by atoms with E-state index in [2.05, 4.69) is 41.2 Å². The van der Waals surface area contributed by atoms with Crippen LogP contribution in [0.2, 0.25) is 0 Å². The van der Waals surface area contributed by atoms with Crippen LogP contribution in [0, 0.1) is 11.8 Å². The molecule has 1 aliphatic carbocycles. The fraction of sp³-hybridized carbons (Fsp3) is 0.640. The molecule has 2 atom stereocenters. The van der Waals surface area contributed by atoms with Crippen molar-refractivity contribution < 1.29 is 4.79 Å². The molecule has 172 valence electrons. The lowest BCUT2D eigenvalue weighted by molar-refractivity contribution is -0.126. The van der Waals surface area contributed by atoms with Crippen molar-refractivity contribution in [1.29, 1.82) is 0 Å². The van der Waals surface area contributed by atoms with E-state index in [4.69, 9.17) is 9.97 Å². The van der Waals surface area contributed by atoms with E-state index in [1.807, 2.05) is 24.3 Å². The molecule has 2 aliphatic heterocycles. The highest BCUT2D eigenvalue weighted by molar-refractivity contribution is 5.92. The molecule has 1 amide bonds. The Bertz CT molecular complexity index is 970. The van der Waals surface area contributed by atoms with Gasteiger partial charge in [0.15, 0.2) is 0 Å². The highest BCUT2D eigenvalue weighted by Gasteiger charge is 2.36. The molecule has 2 bridgehead atoms. The van der Waals surface area contributed by atoms with Crippen molar-refractivity contribution in [2.24, 2.45) is 11.8 Å². The van der Waals surface area contributed by atoms with Gasteiger partial charge in [0, 0.05) is 31.1 Å². The molecule has 32 heavy (non-hydrogen) atoms. The summed E-state index contributed by atoms with van der Waals surface area (Å²) < 4.78 is 0. The van der Waals surface area contributed by atoms with Crippen LogP contribution in [-0.4, -0.2) is 63.6 Å². The number of carbonyl (C=O) groups is 1. The van der Waals surface area contributed by atoms with Gasteiger partial charge in [-0.3, -0.25) is 14.6 Å². The zero-order chi connectivity index (χ0) is 22.2. The van der Waals surface area contributed by atoms with Crippen LogP contribution in [0.3, 0.4) is 0 Å². The Labute approximate surface area is 191 Å². The number of benzene rings is 1. The number of carbonyl (C=O) groups excluding carboxylic acids is 1. The highest BCUT2D eigenvalue weighted by atomic mass is 16.2. The van der Waals surface area contributed by atoms with Crippen LogP contribution in [0.15, 0.2) is 24.3 Å². The first-order valence-electron chi connectivity index (χ1n) is 12.3. The predicted octanol–water partition coefficient (Wildman–Crippen LogP) is 3.22. The molecule has 3 aliphatic rings. The summed E-state index contributed by atoms with van der Waals surface area (Å²) in [5.74, 6) is 2.61. The van der Waals surface area contributed by atoms with E-state index in [-0.39, 0.29) is 24.0 Å². The van der Waals surface area contributed by atoms with Gasteiger partial charge in [-0.2, -0.15) is 0 Å². The van der Waals surface area contributed by atoms with Crippen LogP contribution >= 0.6 is 0 Å². The lowest BCUT2D eigenvalue weighted by Crippen LogP contribution is -2.63. The van der Waals surface area contributed by atoms with Gasteiger partial charge in [0.2, 0.25) is 5.91 Å².